The van der Waals surface area contributed by atoms with Gasteiger partial charge in [0.1, 0.15) is 11.3 Å². The van der Waals surface area contributed by atoms with E-state index in [4.69, 9.17) is 4.74 Å². The summed E-state index contributed by atoms with van der Waals surface area (Å²) in [6.45, 7) is 8.50. The Morgan fingerprint density at radius 2 is 2.00 bits per heavy atom. The zero-order valence-electron chi connectivity index (χ0n) is 11.0. The Kier molecular flexibility index (Phi) is 4.55. The molecule has 0 heterocycles. The molecule has 0 aliphatic heterocycles. The third kappa shape index (κ3) is 2.78. The first-order valence-electron chi connectivity index (χ1n) is 6.02. The molecule has 17 heavy (non-hydrogen) atoms. The number of carbonyl (C=O) groups is 1. The highest BCUT2D eigenvalue weighted by Crippen LogP contribution is 2.30. The summed E-state index contributed by atoms with van der Waals surface area (Å²) < 4.78 is 5.60. The van der Waals surface area contributed by atoms with Crippen LogP contribution in [-0.4, -0.2) is 17.7 Å². The van der Waals surface area contributed by atoms with E-state index in [1.54, 1.807) is 6.07 Å². The number of hydrogen-bond donors (Lipinski definition) is 1. The highest BCUT2D eigenvalue weighted by atomic mass is 16.5. The van der Waals surface area contributed by atoms with Gasteiger partial charge in [0.25, 0.3) is 0 Å². The first-order chi connectivity index (χ1) is 8.02. The monoisotopic (exact) mass is 236 g/mol. The molecule has 0 bridgehead atoms. The third-order valence-corrected chi connectivity index (χ3v) is 2.91. The SMILES string of the molecule is CCCOc1c(C(=O)O)cc(C)c(CC)c1C. The minimum Gasteiger partial charge on any atom is -0.492 e. The van der Waals surface area contributed by atoms with Crippen LogP contribution >= 0.6 is 0 Å². The van der Waals surface area contributed by atoms with Crippen molar-refractivity contribution >= 4 is 5.97 Å². The van der Waals surface area contributed by atoms with Gasteiger partial charge in [-0.2, -0.15) is 0 Å². The fraction of sp³-hybridized carbons (Fsp3) is 0.500. The van der Waals surface area contributed by atoms with Crippen LogP contribution in [0.4, 0.5) is 0 Å². The quantitative estimate of drug-likeness (QED) is 0.852. The number of aromatic carboxylic acids is 1. The fourth-order valence-electron chi connectivity index (χ4n) is 2.10. The molecule has 0 spiro atoms. The zero-order valence-corrected chi connectivity index (χ0v) is 11.0. The number of rotatable bonds is 5. The minimum atomic E-state index is -0.926. The average molecular weight is 236 g/mol. The summed E-state index contributed by atoms with van der Waals surface area (Å²) in [5.41, 5.74) is 3.43. The molecule has 1 N–H and O–H groups in total. The van der Waals surface area contributed by atoms with Crippen LogP contribution in [0, 0.1) is 13.8 Å². The summed E-state index contributed by atoms with van der Waals surface area (Å²) in [6.07, 6.45) is 1.76. The molecule has 0 aromatic heterocycles. The molecule has 1 rings (SSSR count). The van der Waals surface area contributed by atoms with E-state index >= 15 is 0 Å². The van der Waals surface area contributed by atoms with Crippen LogP contribution in [0.15, 0.2) is 6.07 Å². The van der Waals surface area contributed by atoms with Gasteiger partial charge < -0.3 is 9.84 Å². The number of hydrogen-bond acceptors (Lipinski definition) is 2. The van der Waals surface area contributed by atoms with Gasteiger partial charge >= 0.3 is 5.97 Å². The molecule has 0 atom stereocenters. The van der Waals surface area contributed by atoms with Gasteiger partial charge in [0.15, 0.2) is 0 Å². The van der Waals surface area contributed by atoms with Gasteiger partial charge in [-0.05, 0) is 49.4 Å². The lowest BCUT2D eigenvalue weighted by Crippen LogP contribution is -2.08. The maximum atomic E-state index is 11.2. The molecule has 0 saturated carbocycles. The number of carboxylic acid groups (broad SMARTS) is 1. The van der Waals surface area contributed by atoms with Crippen LogP contribution in [-0.2, 0) is 6.42 Å². The van der Waals surface area contributed by atoms with Crippen LogP contribution in [0.25, 0.3) is 0 Å². The van der Waals surface area contributed by atoms with Crippen LogP contribution in [0.3, 0.4) is 0 Å². The molecular formula is C14H20O3. The van der Waals surface area contributed by atoms with Crippen LogP contribution < -0.4 is 4.74 Å². The molecule has 3 heteroatoms. The van der Waals surface area contributed by atoms with Gasteiger partial charge in [0, 0.05) is 0 Å². The Morgan fingerprint density at radius 3 is 2.47 bits per heavy atom. The van der Waals surface area contributed by atoms with Gasteiger partial charge in [-0.25, -0.2) is 4.79 Å². The number of benzene rings is 1. The standard InChI is InChI=1S/C14H20O3/c1-5-7-17-13-10(4)11(6-2)9(3)8-12(13)14(15)16/h8H,5-7H2,1-4H3,(H,15,16). The van der Waals surface area contributed by atoms with Crippen molar-refractivity contribution in [2.24, 2.45) is 0 Å². The van der Waals surface area contributed by atoms with Gasteiger partial charge in [-0.1, -0.05) is 13.8 Å². The predicted molar refractivity (Wildman–Crippen MR) is 68.0 cm³/mol. The van der Waals surface area contributed by atoms with E-state index in [0.29, 0.717) is 12.4 Å². The molecule has 3 nitrogen and oxygen atoms in total. The van der Waals surface area contributed by atoms with Crippen molar-refractivity contribution in [1.82, 2.24) is 0 Å². The van der Waals surface area contributed by atoms with E-state index in [1.807, 2.05) is 20.8 Å². The van der Waals surface area contributed by atoms with Crippen molar-refractivity contribution in [3.8, 4) is 5.75 Å². The molecule has 0 amide bonds. The highest BCUT2D eigenvalue weighted by Gasteiger charge is 2.18. The van der Waals surface area contributed by atoms with Gasteiger partial charge in [0.2, 0.25) is 0 Å². The van der Waals surface area contributed by atoms with Gasteiger partial charge in [0.05, 0.1) is 6.61 Å². The van der Waals surface area contributed by atoms with Gasteiger partial charge in [-0.3, -0.25) is 0 Å². The summed E-state index contributed by atoms with van der Waals surface area (Å²) in [5, 5.41) is 9.20. The molecule has 1 aromatic carbocycles. The van der Waals surface area contributed by atoms with Crippen LogP contribution in [0.2, 0.25) is 0 Å². The lowest BCUT2D eigenvalue weighted by molar-refractivity contribution is 0.0692. The van der Waals surface area contributed by atoms with Gasteiger partial charge in [-0.15, -0.1) is 0 Å². The van der Waals surface area contributed by atoms with Crippen molar-refractivity contribution in [1.29, 1.82) is 0 Å². The molecule has 0 radical (unpaired) electrons. The van der Waals surface area contributed by atoms with Crippen molar-refractivity contribution < 1.29 is 14.6 Å². The van der Waals surface area contributed by atoms with E-state index < -0.39 is 5.97 Å². The Morgan fingerprint density at radius 1 is 1.35 bits per heavy atom. The molecule has 0 aliphatic rings. The first-order valence-corrected chi connectivity index (χ1v) is 6.02. The largest absolute Gasteiger partial charge is 0.492 e. The molecular weight excluding hydrogens is 216 g/mol. The molecule has 0 fully saturated rings. The van der Waals surface area contributed by atoms with Crippen LogP contribution in [0.5, 0.6) is 5.75 Å². The highest BCUT2D eigenvalue weighted by molar-refractivity contribution is 5.92. The maximum Gasteiger partial charge on any atom is 0.339 e. The maximum absolute atomic E-state index is 11.2. The number of aryl methyl sites for hydroxylation is 1. The van der Waals surface area contributed by atoms with Crippen molar-refractivity contribution in [3.05, 3.63) is 28.3 Å². The third-order valence-electron chi connectivity index (χ3n) is 2.91. The molecule has 1 aromatic rings. The average Bonchev–Trinajstić information content (AvgIpc) is 2.27. The summed E-state index contributed by atoms with van der Waals surface area (Å²) >= 11 is 0. The van der Waals surface area contributed by atoms with E-state index in [-0.39, 0.29) is 5.56 Å². The second-order valence-electron chi connectivity index (χ2n) is 4.18. The van der Waals surface area contributed by atoms with E-state index in [2.05, 4.69) is 6.92 Å². The Balaban J connectivity index is 3.34. The van der Waals surface area contributed by atoms with E-state index in [0.717, 1.165) is 24.0 Å². The lowest BCUT2D eigenvalue weighted by atomic mass is 9.96. The normalized spacial score (nSPS) is 10.4. The summed E-state index contributed by atoms with van der Waals surface area (Å²) in [6, 6.07) is 1.71. The Hall–Kier alpha value is -1.51. The molecule has 0 aliphatic carbocycles. The Labute approximate surface area is 102 Å². The zero-order chi connectivity index (χ0) is 13.0. The Bertz CT molecular complexity index is 422. The fourth-order valence-corrected chi connectivity index (χ4v) is 2.10. The second-order valence-corrected chi connectivity index (χ2v) is 4.18. The number of carboxylic acids is 1. The lowest BCUT2D eigenvalue weighted by Gasteiger charge is -2.16. The van der Waals surface area contributed by atoms with Crippen LogP contribution in [0.1, 0.15) is 47.3 Å². The predicted octanol–water partition coefficient (Wildman–Crippen LogP) is 3.35. The van der Waals surface area contributed by atoms with Crippen molar-refractivity contribution in [3.63, 3.8) is 0 Å². The summed E-state index contributed by atoms with van der Waals surface area (Å²) in [7, 11) is 0. The minimum absolute atomic E-state index is 0.269. The van der Waals surface area contributed by atoms with E-state index in [9.17, 15) is 9.90 Å². The number of ether oxygens (including phenoxy) is 1. The topological polar surface area (TPSA) is 46.5 Å². The smallest absolute Gasteiger partial charge is 0.339 e. The molecule has 94 valence electrons. The first kappa shape index (κ1) is 13.6. The summed E-state index contributed by atoms with van der Waals surface area (Å²) in [4.78, 5) is 11.2. The summed E-state index contributed by atoms with van der Waals surface area (Å²) in [5.74, 6) is -0.397. The van der Waals surface area contributed by atoms with E-state index in [1.165, 1.54) is 5.56 Å². The molecule has 0 saturated heterocycles. The van der Waals surface area contributed by atoms with Crippen molar-refractivity contribution in [2.75, 3.05) is 6.61 Å². The molecule has 0 unspecified atom stereocenters. The second kappa shape index (κ2) is 5.71. The van der Waals surface area contributed by atoms with Crippen molar-refractivity contribution in [2.45, 2.75) is 40.5 Å².